The van der Waals surface area contributed by atoms with Crippen molar-refractivity contribution in [2.75, 3.05) is 5.32 Å². The molecule has 0 aromatic heterocycles. The maximum absolute atomic E-state index is 11.2. The van der Waals surface area contributed by atoms with Crippen LogP contribution in [0.4, 0.5) is 5.69 Å². The lowest BCUT2D eigenvalue weighted by atomic mass is 9.82. The maximum Gasteiger partial charge on any atom is 0.310 e. The quantitative estimate of drug-likeness (QED) is 0.843. The molecule has 0 spiro atoms. The van der Waals surface area contributed by atoms with Gasteiger partial charge >= 0.3 is 5.97 Å². The van der Waals surface area contributed by atoms with E-state index in [9.17, 15) is 9.90 Å². The Morgan fingerprint density at radius 2 is 2.24 bits per heavy atom. The number of carboxylic acid groups (broad SMARTS) is 1. The van der Waals surface area contributed by atoms with E-state index in [1.165, 1.54) is 5.56 Å². The normalized spacial score (nSPS) is 18.9. The van der Waals surface area contributed by atoms with Crippen molar-refractivity contribution in [3.8, 4) is 0 Å². The number of carboxylic acids is 1. The molecule has 0 aliphatic heterocycles. The second-order valence-electron chi connectivity index (χ2n) is 5.00. The van der Waals surface area contributed by atoms with Gasteiger partial charge in [-0.15, -0.1) is 0 Å². The summed E-state index contributed by atoms with van der Waals surface area (Å²) in [5, 5.41) is 12.5. The van der Waals surface area contributed by atoms with Crippen molar-refractivity contribution in [1.82, 2.24) is 0 Å². The summed E-state index contributed by atoms with van der Waals surface area (Å²) >= 11 is 0. The molecule has 3 heteroatoms. The summed E-state index contributed by atoms with van der Waals surface area (Å²) in [6, 6.07) is 6.45. The third-order valence-corrected chi connectivity index (χ3v) is 3.21. The highest BCUT2D eigenvalue weighted by Gasteiger charge is 2.25. The first kappa shape index (κ1) is 12.0. The van der Waals surface area contributed by atoms with Crippen molar-refractivity contribution in [2.24, 2.45) is 0 Å². The number of nitrogens with one attached hydrogen (secondary N) is 1. The van der Waals surface area contributed by atoms with Crippen molar-refractivity contribution in [3.05, 3.63) is 29.3 Å². The Bertz CT molecular complexity index is 426. The lowest BCUT2D eigenvalue weighted by molar-refractivity contribution is -0.139. The molecule has 1 aromatic rings. The minimum atomic E-state index is -0.699. The van der Waals surface area contributed by atoms with E-state index < -0.39 is 5.97 Å². The van der Waals surface area contributed by atoms with Crippen LogP contribution in [0.3, 0.4) is 0 Å². The van der Waals surface area contributed by atoms with Gasteiger partial charge in [0, 0.05) is 11.7 Å². The van der Waals surface area contributed by atoms with Crippen LogP contribution in [0.2, 0.25) is 0 Å². The van der Waals surface area contributed by atoms with E-state index in [1.54, 1.807) is 0 Å². The van der Waals surface area contributed by atoms with Crippen LogP contribution >= 0.6 is 0 Å². The van der Waals surface area contributed by atoms with Crippen LogP contribution in [0.5, 0.6) is 0 Å². The van der Waals surface area contributed by atoms with Gasteiger partial charge in [-0.05, 0) is 56.4 Å². The zero-order valence-electron chi connectivity index (χ0n) is 10.4. The van der Waals surface area contributed by atoms with Crippen molar-refractivity contribution < 1.29 is 9.90 Å². The number of aryl methyl sites for hydroxylation is 1. The van der Waals surface area contributed by atoms with Crippen LogP contribution in [-0.4, -0.2) is 17.1 Å². The van der Waals surface area contributed by atoms with Crippen molar-refractivity contribution in [1.29, 1.82) is 0 Å². The number of hydrogen-bond acceptors (Lipinski definition) is 2. The summed E-state index contributed by atoms with van der Waals surface area (Å²) in [5.74, 6) is -1.01. The van der Waals surface area contributed by atoms with E-state index in [2.05, 4.69) is 25.2 Å². The number of fused-ring (bicyclic) bond motifs is 1. The fourth-order valence-electron chi connectivity index (χ4n) is 2.49. The average molecular weight is 233 g/mol. The molecule has 0 bridgehead atoms. The molecule has 1 aliphatic rings. The van der Waals surface area contributed by atoms with E-state index >= 15 is 0 Å². The van der Waals surface area contributed by atoms with Gasteiger partial charge in [0.05, 0.1) is 5.92 Å². The third-order valence-electron chi connectivity index (χ3n) is 3.21. The topological polar surface area (TPSA) is 49.3 Å². The second kappa shape index (κ2) is 4.78. The summed E-state index contributed by atoms with van der Waals surface area (Å²) in [7, 11) is 0. The Kier molecular flexibility index (Phi) is 3.36. The minimum absolute atomic E-state index is 0.313. The van der Waals surface area contributed by atoms with Crippen LogP contribution < -0.4 is 5.32 Å². The molecular formula is C14H19NO2. The molecule has 0 saturated heterocycles. The van der Waals surface area contributed by atoms with Gasteiger partial charge in [0.2, 0.25) is 0 Å². The first-order valence-electron chi connectivity index (χ1n) is 6.20. The van der Waals surface area contributed by atoms with Gasteiger partial charge in [-0.2, -0.15) is 0 Å². The van der Waals surface area contributed by atoms with Crippen LogP contribution in [0.1, 0.15) is 43.7 Å². The third kappa shape index (κ3) is 2.60. The molecule has 2 rings (SSSR count). The SMILES string of the molecule is CC(C)Nc1ccc2c(c1)CCCC2C(=O)O. The van der Waals surface area contributed by atoms with Crippen molar-refractivity contribution >= 4 is 11.7 Å². The van der Waals surface area contributed by atoms with Gasteiger partial charge in [-0.3, -0.25) is 4.79 Å². The van der Waals surface area contributed by atoms with Gasteiger partial charge in [0.25, 0.3) is 0 Å². The van der Waals surface area contributed by atoms with E-state index in [-0.39, 0.29) is 5.92 Å². The Hall–Kier alpha value is -1.51. The smallest absolute Gasteiger partial charge is 0.310 e. The first-order chi connectivity index (χ1) is 8.08. The Morgan fingerprint density at radius 3 is 2.88 bits per heavy atom. The van der Waals surface area contributed by atoms with Crippen LogP contribution in [0.25, 0.3) is 0 Å². The Morgan fingerprint density at radius 1 is 1.47 bits per heavy atom. The van der Waals surface area contributed by atoms with E-state index in [1.807, 2.05) is 12.1 Å². The molecule has 1 aromatic carbocycles. The summed E-state index contributed by atoms with van der Waals surface area (Å²) in [4.78, 5) is 11.2. The molecule has 0 radical (unpaired) electrons. The summed E-state index contributed by atoms with van der Waals surface area (Å²) < 4.78 is 0. The fraction of sp³-hybridized carbons (Fsp3) is 0.500. The second-order valence-corrected chi connectivity index (χ2v) is 5.00. The molecule has 92 valence electrons. The van der Waals surface area contributed by atoms with Crippen LogP contribution in [-0.2, 0) is 11.2 Å². The van der Waals surface area contributed by atoms with Gasteiger partial charge in [-0.1, -0.05) is 6.07 Å². The molecule has 2 N–H and O–H groups in total. The van der Waals surface area contributed by atoms with E-state index in [4.69, 9.17) is 0 Å². The molecule has 0 heterocycles. The highest BCUT2D eigenvalue weighted by molar-refractivity contribution is 5.77. The number of anilines is 1. The first-order valence-corrected chi connectivity index (χ1v) is 6.20. The molecule has 0 saturated carbocycles. The summed E-state index contributed by atoms with van der Waals surface area (Å²) in [6.07, 6.45) is 2.72. The van der Waals surface area contributed by atoms with E-state index in [0.29, 0.717) is 6.04 Å². The minimum Gasteiger partial charge on any atom is -0.481 e. The number of aliphatic carboxylic acids is 1. The summed E-state index contributed by atoms with van der Waals surface area (Å²) in [6.45, 7) is 4.19. The predicted octanol–water partition coefficient (Wildman–Crippen LogP) is 3.01. The fourth-order valence-corrected chi connectivity index (χ4v) is 2.49. The van der Waals surface area contributed by atoms with Gasteiger partial charge in [-0.25, -0.2) is 0 Å². The molecular weight excluding hydrogens is 214 g/mol. The predicted molar refractivity (Wildman–Crippen MR) is 68.5 cm³/mol. The van der Waals surface area contributed by atoms with E-state index in [0.717, 1.165) is 30.5 Å². The summed E-state index contributed by atoms with van der Waals surface area (Å²) in [5.41, 5.74) is 3.28. The molecule has 17 heavy (non-hydrogen) atoms. The van der Waals surface area contributed by atoms with Crippen molar-refractivity contribution in [3.63, 3.8) is 0 Å². The van der Waals surface area contributed by atoms with Crippen LogP contribution in [0, 0.1) is 0 Å². The average Bonchev–Trinajstić information content (AvgIpc) is 2.26. The number of hydrogen-bond donors (Lipinski definition) is 2. The monoisotopic (exact) mass is 233 g/mol. The number of carbonyl (C=O) groups is 1. The maximum atomic E-state index is 11.2. The van der Waals surface area contributed by atoms with Crippen LogP contribution in [0.15, 0.2) is 18.2 Å². The highest BCUT2D eigenvalue weighted by Crippen LogP contribution is 2.33. The highest BCUT2D eigenvalue weighted by atomic mass is 16.4. The lowest BCUT2D eigenvalue weighted by Crippen LogP contribution is -2.18. The van der Waals surface area contributed by atoms with Gasteiger partial charge in [0.15, 0.2) is 0 Å². The molecule has 1 aliphatic carbocycles. The lowest BCUT2D eigenvalue weighted by Gasteiger charge is -2.23. The molecule has 0 fully saturated rings. The largest absolute Gasteiger partial charge is 0.481 e. The van der Waals surface area contributed by atoms with Crippen molar-refractivity contribution in [2.45, 2.75) is 45.1 Å². The zero-order chi connectivity index (χ0) is 12.4. The molecule has 0 amide bonds. The molecule has 1 atom stereocenters. The zero-order valence-corrected chi connectivity index (χ0v) is 10.4. The molecule has 3 nitrogen and oxygen atoms in total. The van der Waals surface area contributed by atoms with Gasteiger partial charge < -0.3 is 10.4 Å². The number of rotatable bonds is 3. The molecule has 1 unspecified atom stereocenters. The van der Waals surface area contributed by atoms with Gasteiger partial charge in [0.1, 0.15) is 0 Å². The Balaban J connectivity index is 2.29. The Labute approximate surface area is 102 Å². The standard InChI is InChI=1S/C14H19NO2/c1-9(2)15-11-6-7-12-10(8-11)4-3-5-13(12)14(16)17/h6-9,13,15H,3-5H2,1-2H3,(H,16,17). The number of benzene rings is 1.